The second-order valence-corrected chi connectivity index (χ2v) is 6.49. The summed E-state index contributed by atoms with van der Waals surface area (Å²) in [7, 11) is 0. The first-order valence-corrected chi connectivity index (χ1v) is 8.58. The zero-order valence-electron chi connectivity index (χ0n) is 13.8. The topological polar surface area (TPSA) is 48.1 Å². The zero-order valence-corrected chi connectivity index (χ0v) is 13.8. The Hall–Kier alpha value is -2.82. The minimum atomic E-state index is -0.228. The highest BCUT2D eigenvalue weighted by molar-refractivity contribution is 5.89. The van der Waals surface area contributed by atoms with Gasteiger partial charge >= 0.3 is 6.03 Å². The number of amides is 2. The van der Waals surface area contributed by atoms with Crippen molar-refractivity contribution in [1.29, 1.82) is 0 Å². The Morgan fingerprint density at radius 1 is 1.12 bits per heavy atom. The molecule has 2 N–H and O–H groups in total. The van der Waals surface area contributed by atoms with Crippen molar-refractivity contribution in [3.8, 4) is 0 Å². The number of carbonyl (C=O) groups excluding carboxylic acids is 1. The molecular weight excluding hydrogens is 317 g/mol. The number of piperidine rings is 1. The predicted molar refractivity (Wildman–Crippen MR) is 97.3 cm³/mol. The molecule has 1 fully saturated rings. The number of urea groups is 1. The fourth-order valence-electron chi connectivity index (χ4n) is 3.58. The van der Waals surface area contributed by atoms with E-state index in [4.69, 9.17) is 0 Å². The summed E-state index contributed by atoms with van der Waals surface area (Å²) in [4.78, 5) is 17.4. The number of anilines is 1. The van der Waals surface area contributed by atoms with E-state index < -0.39 is 0 Å². The quantitative estimate of drug-likeness (QED) is 0.698. The number of nitrogens with one attached hydrogen (secondary N) is 2. The zero-order chi connectivity index (χ0) is 17.2. The van der Waals surface area contributed by atoms with Crippen molar-refractivity contribution < 1.29 is 9.18 Å². The maximum Gasteiger partial charge on any atom is 0.321 e. The molecule has 2 aromatic carbocycles. The SMILES string of the molecule is O=C(Nc1ccccc1)N1CCC(c2c[nH]c3cc(F)ccc23)CC1. The highest BCUT2D eigenvalue weighted by Gasteiger charge is 2.25. The lowest BCUT2D eigenvalue weighted by Crippen LogP contribution is -2.40. The number of fused-ring (bicyclic) bond motifs is 1. The van der Waals surface area contributed by atoms with Gasteiger partial charge in [-0.25, -0.2) is 9.18 Å². The summed E-state index contributed by atoms with van der Waals surface area (Å²) in [5.74, 6) is 0.160. The number of nitrogens with zero attached hydrogens (tertiary/aromatic N) is 1. The van der Waals surface area contributed by atoms with Crippen molar-refractivity contribution in [2.45, 2.75) is 18.8 Å². The highest BCUT2D eigenvalue weighted by atomic mass is 19.1. The van der Waals surface area contributed by atoms with Crippen LogP contribution in [0.1, 0.15) is 24.3 Å². The van der Waals surface area contributed by atoms with Crippen LogP contribution in [0.4, 0.5) is 14.9 Å². The van der Waals surface area contributed by atoms with Crippen LogP contribution < -0.4 is 5.32 Å². The third-order valence-corrected chi connectivity index (χ3v) is 4.92. The van der Waals surface area contributed by atoms with E-state index in [-0.39, 0.29) is 11.8 Å². The van der Waals surface area contributed by atoms with Gasteiger partial charge in [0, 0.05) is 35.9 Å². The Labute approximate surface area is 145 Å². The number of aromatic amines is 1. The van der Waals surface area contributed by atoms with E-state index in [9.17, 15) is 9.18 Å². The first-order chi connectivity index (χ1) is 12.2. The van der Waals surface area contributed by atoms with E-state index in [0.29, 0.717) is 5.92 Å². The number of hydrogen-bond donors (Lipinski definition) is 2. The molecule has 2 amide bonds. The summed E-state index contributed by atoms with van der Waals surface area (Å²) >= 11 is 0. The normalized spacial score (nSPS) is 15.5. The average Bonchev–Trinajstić information content (AvgIpc) is 3.05. The smallest absolute Gasteiger partial charge is 0.321 e. The van der Waals surface area contributed by atoms with Gasteiger partial charge in [0.15, 0.2) is 0 Å². The predicted octanol–water partition coefficient (Wildman–Crippen LogP) is 4.72. The number of halogens is 1. The summed E-state index contributed by atoms with van der Waals surface area (Å²) < 4.78 is 13.3. The van der Waals surface area contributed by atoms with Crippen LogP contribution in [-0.4, -0.2) is 29.0 Å². The van der Waals surface area contributed by atoms with Gasteiger partial charge in [0.2, 0.25) is 0 Å². The molecule has 0 unspecified atom stereocenters. The molecule has 1 aromatic heterocycles. The number of aromatic nitrogens is 1. The van der Waals surface area contributed by atoms with Crippen LogP contribution in [0.25, 0.3) is 10.9 Å². The molecule has 1 saturated heterocycles. The molecule has 0 saturated carbocycles. The molecule has 0 aliphatic carbocycles. The molecule has 25 heavy (non-hydrogen) atoms. The Morgan fingerprint density at radius 3 is 2.64 bits per heavy atom. The van der Waals surface area contributed by atoms with E-state index >= 15 is 0 Å². The number of H-pyrrole nitrogens is 1. The van der Waals surface area contributed by atoms with Crippen molar-refractivity contribution in [2.24, 2.45) is 0 Å². The largest absolute Gasteiger partial charge is 0.361 e. The lowest BCUT2D eigenvalue weighted by Gasteiger charge is -2.32. The van der Waals surface area contributed by atoms with Gasteiger partial charge in [-0.05, 0) is 54.7 Å². The maximum absolute atomic E-state index is 13.3. The summed E-state index contributed by atoms with van der Waals surface area (Å²) in [5, 5.41) is 4.01. The molecule has 128 valence electrons. The van der Waals surface area contributed by atoms with Crippen molar-refractivity contribution >= 4 is 22.6 Å². The highest BCUT2D eigenvalue weighted by Crippen LogP contribution is 2.33. The van der Waals surface area contributed by atoms with Gasteiger partial charge in [0.25, 0.3) is 0 Å². The van der Waals surface area contributed by atoms with Crippen LogP contribution in [0, 0.1) is 5.82 Å². The van der Waals surface area contributed by atoms with E-state index in [1.54, 1.807) is 0 Å². The van der Waals surface area contributed by atoms with Crippen LogP contribution in [-0.2, 0) is 0 Å². The van der Waals surface area contributed by atoms with E-state index in [1.165, 1.54) is 17.7 Å². The second kappa shape index (κ2) is 6.59. The molecule has 1 aliphatic rings. The lowest BCUT2D eigenvalue weighted by atomic mass is 9.89. The first kappa shape index (κ1) is 15.7. The van der Waals surface area contributed by atoms with Gasteiger partial charge in [0.1, 0.15) is 5.82 Å². The number of para-hydroxylation sites is 1. The van der Waals surface area contributed by atoms with Gasteiger partial charge in [0.05, 0.1) is 0 Å². The van der Waals surface area contributed by atoms with Crippen LogP contribution >= 0.6 is 0 Å². The van der Waals surface area contributed by atoms with E-state index in [1.807, 2.05) is 47.5 Å². The van der Waals surface area contributed by atoms with Crippen molar-refractivity contribution in [2.75, 3.05) is 18.4 Å². The third kappa shape index (κ3) is 3.22. The van der Waals surface area contributed by atoms with Gasteiger partial charge in [-0.2, -0.15) is 0 Å². The Kier molecular flexibility index (Phi) is 4.14. The molecule has 0 spiro atoms. The number of hydrogen-bond acceptors (Lipinski definition) is 1. The minimum absolute atomic E-state index is 0.0503. The molecule has 0 atom stereocenters. The van der Waals surface area contributed by atoms with Gasteiger partial charge < -0.3 is 15.2 Å². The van der Waals surface area contributed by atoms with Crippen LogP contribution in [0.2, 0.25) is 0 Å². The number of likely N-dealkylation sites (tertiary alicyclic amines) is 1. The number of carbonyl (C=O) groups is 1. The Morgan fingerprint density at radius 2 is 1.88 bits per heavy atom. The molecule has 4 nitrogen and oxygen atoms in total. The standard InChI is InChI=1S/C20H20FN3O/c21-15-6-7-17-18(13-22-19(17)12-15)14-8-10-24(11-9-14)20(25)23-16-4-2-1-3-5-16/h1-7,12-14,22H,8-11H2,(H,23,25). The van der Waals surface area contributed by atoms with Crippen LogP contribution in [0.5, 0.6) is 0 Å². The number of benzene rings is 2. The van der Waals surface area contributed by atoms with Crippen LogP contribution in [0.15, 0.2) is 54.7 Å². The fourth-order valence-corrected chi connectivity index (χ4v) is 3.58. The summed E-state index contributed by atoms with van der Waals surface area (Å²) in [6.45, 7) is 1.44. The molecule has 2 heterocycles. The van der Waals surface area contributed by atoms with E-state index in [0.717, 1.165) is 42.5 Å². The van der Waals surface area contributed by atoms with Gasteiger partial charge in [-0.15, -0.1) is 0 Å². The fraction of sp³-hybridized carbons (Fsp3) is 0.250. The molecular formula is C20H20FN3O. The molecule has 0 bridgehead atoms. The summed E-state index contributed by atoms with van der Waals surface area (Å²) in [6.07, 6.45) is 3.80. The number of rotatable bonds is 2. The summed E-state index contributed by atoms with van der Waals surface area (Å²) in [5.41, 5.74) is 2.87. The Balaban J connectivity index is 1.41. The second-order valence-electron chi connectivity index (χ2n) is 6.49. The maximum atomic E-state index is 13.3. The third-order valence-electron chi connectivity index (χ3n) is 4.92. The van der Waals surface area contributed by atoms with E-state index in [2.05, 4.69) is 10.3 Å². The molecule has 1 aliphatic heterocycles. The van der Waals surface area contributed by atoms with Crippen molar-refractivity contribution in [1.82, 2.24) is 9.88 Å². The minimum Gasteiger partial charge on any atom is -0.361 e. The average molecular weight is 337 g/mol. The van der Waals surface area contributed by atoms with Gasteiger partial charge in [-0.1, -0.05) is 18.2 Å². The molecule has 0 radical (unpaired) electrons. The molecule has 4 rings (SSSR count). The van der Waals surface area contributed by atoms with Crippen LogP contribution in [0.3, 0.4) is 0 Å². The van der Waals surface area contributed by atoms with Gasteiger partial charge in [-0.3, -0.25) is 0 Å². The van der Waals surface area contributed by atoms with Crippen molar-refractivity contribution in [3.05, 3.63) is 66.1 Å². The lowest BCUT2D eigenvalue weighted by molar-refractivity contribution is 0.195. The Bertz CT molecular complexity index is 882. The van der Waals surface area contributed by atoms with Crippen molar-refractivity contribution in [3.63, 3.8) is 0 Å². The summed E-state index contributed by atoms with van der Waals surface area (Å²) in [6, 6.07) is 14.3. The first-order valence-electron chi connectivity index (χ1n) is 8.58. The molecule has 3 aromatic rings. The monoisotopic (exact) mass is 337 g/mol. The molecule has 5 heteroatoms.